The summed E-state index contributed by atoms with van der Waals surface area (Å²) in [4.78, 5) is 12.5. The van der Waals surface area contributed by atoms with Gasteiger partial charge in [-0.1, -0.05) is 42.3 Å². The molecule has 2 unspecified atom stereocenters. The minimum absolute atomic E-state index is 0.128. The van der Waals surface area contributed by atoms with Crippen molar-refractivity contribution in [1.29, 1.82) is 0 Å². The summed E-state index contributed by atoms with van der Waals surface area (Å²) >= 11 is 24.2. The van der Waals surface area contributed by atoms with Crippen LogP contribution in [0.5, 0.6) is 0 Å². The van der Waals surface area contributed by atoms with E-state index in [0.717, 1.165) is 11.3 Å². The van der Waals surface area contributed by atoms with E-state index in [-0.39, 0.29) is 23.2 Å². The summed E-state index contributed by atoms with van der Waals surface area (Å²) in [7, 11) is 0. The second kappa shape index (κ2) is 9.57. The third-order valence-electron chi connectivity index (χ3n) is 4.76. The number of anilines is 1. The minimum Gasteiger partial charge on any atom is -0.324 e. The van der Waals surface area contributed by atoms with Crippen molar-refractivity contribution in [2.24, 2.45) is 10.5 Å². The van der Waals surface area contributed by atoms with E-state index in [1.807, 2.05) is 24.3 Å². The second-order valence-corrected chi connectivity index (χ2v) is 9.15. The summed E-state index contributed by atoms with van der Waals surface area (Å²) in [6.07, 6.45) is 0.648. The highest BCUT2D eigenvalue weighted by molar-refractivity contribution is 6.31. The molecule has 2 aromatic carbocycles. The Morgan fingerprint density at radius 2 is 1.72 bits per heavy atom. The topological polar surface area (TPSA) is 44.7 Å². The predicted molar refractivity (Wildman–Crippen MR) is 123 cm³/mol. The van der Waals surface area contributed by atoms with E-state index in [2.05, 4.69) is 12.2 Å². The van der Waals surface area contributed by atoms with Gasteiger partial charge in [-0.2, -0.15) is 5.10 Å². The summed E-state index contributed by atoms with van der Waals surface area (Å²) in [5.74, 6) is 0.192. The molecule has 29 heavy (non-hydrogen) atoms. The lowest BCUT2D eigenvalue weighted by Gasteiger charge is -2.28. The molecule has 2 atom stereocenters. The van der Waals surface area contributed by atoms with E-state index >= 15 is 0 Å². The number of carbonyl (C=O) groups excluding carboxylic acids is 1. The first-order chi connectivity index (χ1) is 13.8. The zero-order chi connectivity index (χ0) is 21.0. The molecule has 2 aromatic rings. The van der Waals surface area contributed by atoms with E-state index in [1.54, 1.807) is 29.3 Å². The summed E-state index contributed by atoms with van der Waals surface area (Å²) < 4.78 is 0. The Bertz CT molecular complexity index is 886. The molecule has 4 nitrogen and oxygen atoms in total. The van der Waals surface area contributed by atoms with Crippen molar-refractivity contribution in [3.8, 4) is 0 Å². The van der Waals surface area contributed by atoms with Crippen LogP contribution >= 0.6 is 46.4 Å². The second-order valence-electron chi connectivity index (χ2n) is 7.35. The first-order valence-electron chi connectivity index (χ1n) is 9.14. The van der Waals surface area contributed by atoms with Crippen LogP contribution in [0.2, 0.25) is 10.0 Å². The van der Waals surface area contributed by atoms with Gasteiger partial charge in [0.15, 0.2) is 0 Å². The first kappa shape index (κ1) is 22.2. The van der Waals surface area contributed by atoms with Crippen LogP contribution in [0.3, 0.4) is 0 Å². The normalized spacial score (nSPS) is 19.8. The van der Waals surface area contributed by atoms with Crippen LogP contribution in [-0.4, -0.2) is 41.0 Å². The summed E-state index contributed by atoms with van der Waals surface area (Å²) in [5, 5.41) is 10.5. The number of carbonyl (C=O) groups is 1. The van der Waals surface area contributed by atoms with Gasteiger partial charge in [0, 0.05) is 38.9 Å². The molecule has 0 aromatic heterocycles. The summed E-state index contributed by atoms with van der Waals surface area (Å²) in [6.45, 7) is 2.79. The van der Waals surface area contributed by atoms with Crippen molar-refractivity contribution in [3.63, 3.8) is 0 Å². The van der Waals surface area contributed by atoms with Gasteiger partial charge in [0.2, 0.25) is 5.91 Å². The number of nitrogens with one attached hydrogen (secondary N) is 1. The monoisotopic (exact) mass is 471 g/mol. The quantitative estimate of drug-likeness (QED) is 0.510. The molecule has 1 heterocycles. The molecule has 3 rings (SSSR count). The maximum Gasteiger partial charge on any atom is 0.245 e. The van der Waals surface area contributed by atoms with Gasteiger partial charge in [0.05, 0.1) is 5.71 Å². The Kier molecular flexibility index (Phi) is 7.33. The van der Waals surface area contributed by atoms with Crippen LogP contribution in [0, 0.1) is 5.41 Å². The highest BCUT2D eigenvalue weighted by Crippen LogP contribution is 2.37. The third kappa shape index (κ3) is 5.79. The lowest BCUT2D eigenvalue weighted by atomic mass is 9.78. The van der Waals surface area contributed by atoms with Crippen molar-refractivity contribution in [3.05, 3.63) is 64.1 Å². The number of hydrazone groups is 1. The molecule has 0 bridgehead atoms. The maximum absolute atomic E-state index is 12.5. The first-order valence-corrected chi connectivity index (χ1v) is 10.9. The predicted octanol–water partition coefficient (Wildman–Crippen LogP) is 5.89. The highest BCUT2D eigenvalue weighted by Gasteiger charge is 2.41. The largest absolute Gasteiger partial charge is 0.324 e. The Hall–Kier alpha value is -1.46. The average molecular weight is 473 g/mol. The van der Waals surface area contributed by atoms with Gasteiger partial charge in [0.25, 0.3) is 0 Å². The summed E-state index contributed by atoms with van der Waals surface area (Å²) in [5.41, 5.74) is 2.18. The number of rotatable bonds is 7. The van der Waals surface area contributed by atoms with Crippen LogP contribution in [0.25, 0.3) is 0 Å². The molecule has 1 amide bonds. The van der Waals surface area contributed by atoms with Crippen LogP contribution in [0.15, 0.2) is 53.6 Å². The Balaban J connectivity index is 1.77. The van der Waals surface area contributed by atoms with Gasteiger partial charge in [0.1, 0.15) is 6.54 Å². The number of amides is 1. The molecule has 154 valence electrons. The van der Waals surface area contributed by atoms with Gasteiger partial charge in [-0.15, -0.1) is 23.2 Å². The molecular weight excluding hydrogens is 452 g/mol. The summed E-state index contributed by atoms with van der Waals surface area (Å²) in [6, 6.07) is 14.5. The molecule has 0 saturated carbocycles. The lowest BCUT2D eigenvalue weighted by molar-refractivity contribution is -0.117. The molecule has 1 aliphatic heterocycles. The van der Waals surface area contributed by atoms with Crippen LogP contribution in [-0.2, 0) is 4.79 Å². The number of hydrogen-bond acceptors (Lipinski definition) is 3. The van der Waals surface area contributed by atoms with Crippen LogP contribution < -0.4 is 5.32 Å². The van der Waals surface area contributed by atoms with Crippen molar-refractivity contribution < 1.29 is 4.79 Å². The highest BCUT2D eigenvalue weighted by atomic mass is 35.5. The van der Waals surface area contributed by atoms with Gasteiger partial charge in [-0.25, -0.2) is 0 Å². The molecule has 0 saturated heterocycles. The fourth-order valence-corrected chi connectivity index (χ4v) is 4.19. The van der Waals surface area contributed by atoms with E-state index in [4.69, 9.17) is 51.5 Å². The molecule has 0 radical (unpaired) electrons. The Morgan fingerprint density at radius 1 is 1.14 bits per heavy atom. The fraction of sp³-hybridized carbons (Fsp3) is 0.333. The molecule has 1 N–H and O–H groups in total. The standard InChI is InChI=1S/C21H21Cl4N3O/c1-21(10-17(25)11-22)13-28(27-20(21)14-2-4-15(23)5-3-14)12-19(29)26-18-8-6-16(24)7-9-18/h2-9,17H,10-13H2,1H3,(H,26,29). The number of benzene rings is 2. The number of nitrogens with zero attached hydrogens (tertiary/aromatic N) is 2. The molecule has 1 aliphatic rings. The minimum atomic E-state index is -0.338. The molecule has 0 fully saturated rings. The van der Waals surface area contributed by atoms with E-state index in [1.165, 1.54) is 0 Å². The zero-order valence-corrected chi connectivity index (χ0v) is 18.9. The molecule has 0 spiro atoms. The van der Waals surface area contributed by atoms with Crippen LogP contribution in [0.1, 0.15) is 18.9 Å². The third-order valence-corrected chi connectivity index (χ3v) is 6.10. The molecular formula is C21H21Cl4N3O. The van der Waals surface area contributed by atoms with Gasteiger partial charge in [-0.05, 0) is 48.4 Å². The number of hydrogen-bond donors (Lipinski definition) is 1. The van der Waals surface area contributed by atoms with Gasteiger partial charge in [-0.3, -0.25) is 9.80 Å². The zero-order valence-electron chi connectivity index (χ0n) is 15.8. The van der Waals surface area contributed by atoms with Crippen molar-refractivity contribution in [2.45, 2.75) is 18.7 Å². The average Bonchev–Trinajstić information content (AvgIpc) is 2.99. The number of alkyl halides is 2. The Labute approximate surface area is 190 Å². The fourth-order valence-electron chi connectivity index (χ4n) is 3.48. The maximum atomic E-state index is 12.5. The van der Waals surface area contributed by atoms with Crippen molar-refractivity contribution >= 4 is 63.7 Å². The van der Waals surface area contributed by atoms with Crippen molar-refractivity contribution in [2.75, 3.05) is 24.3 Å². The SMILES string of the molecule is CC1(CC(Cl)CCl)CN(CC(=O)Nc2ccc(Cl)cc2)N=C1c1ccc(Cl)cc1. The lowest BCUT2D eigenvalue weighted by Crippen LogP contribution is -2.36. The van der Waals surface area contributed by atoms with Crippen molar-refractivity contribution in [1.82, 2.24) is 5.01 Å². The smallest absolute Gasteiger partial charge is 0.245 e. The van der Waals surface area contributed by atoms with Crippen LogP contribution in [0.4, 0.5) is 5.69 Å². The molecule has 0 aliphatic carbocycles. The van der Waals surface area contributed by atoms with Gasteiger partial charge >= 0.3 is 0 Å². The van der Waals surface area contributed by atoms with E-state index < -0.39 is 0 Å². The van der Waals surface area contributed by atoms with E-state index in [9.17, 15) is 4.79 Å². The molecule has 8 heteroatoms. The van der Waals surface area contributed by atoms with E-state index in [0.29, 0.717) is 34.6 Å². The number of halogens is 4. The Morgan fingerprint density at radius 3 is 2.31 bits per heavy atom. The van der Waals surface area contributed by atoms with Gasteiger partial charge < -0.3 is 5.32 Å².